The quantitative estimate of drug-likeness (QED) is 0.932. The average molecular weight is 277 g/mol. The number of hydrogen-bond donors (Lipinski definition) is 1. The van der Waals surface area contributed by atoms with Crippen LogP contribution in [0.5, 0.6) is 0 Å². The summed E-state index contributed by atoms with van der Waals surface area (Å²) in [5.41, 5.74) is 1.94. The number of aromatic nitrogens is 3. The average Bonchev–Trinajstić information content (AvgIpc) is 2.85. The van der Waals surface area contributed by atoms with Gasteiger partial charge in [0.1, 0.15) is 11.3 Å². The molecule has 3 rings (SSSR count). The van der Waals surface area contributed by atoms with Crippen molar-refractivity contribution in [3.63, 3.8) is 0 Å². The first-order chi connectivity index (χ1) is 9.40. The normalized spacial score (nSPS) is 17.1. The summed E-state index contributed by atoms with van der Waals surface area (Å²) in [6, 6.07) is 3.96. The Bertz CT molecular complexity index is 549. The highest BCUT2D eigenvalue weighted by molar-refractivity contribution is 7.99. The third-order valence-electron chi connectivity index (χ3n) is 3.66. The van der Waals surface area contributed by atoms with Gasteiger partial charge in [-0.2, -0.15) is 11.8 Å². The molecule has 0 aliphatic carbocycles. The summed E-state index contributed by atoms with van der Waals surface area (Å²) in [5.74, 6) is 4.17. The van der Waals surface area contributed by atoms with E-state index < -0.39 is 0 Å². The second kappa shape index (κ2) is 5.92. The monoisotopic (exact) mass is 277 g/mol. The van der Waals surface area contributed by atoms with Gasteiger partial charge < -0.3 is 9.67 Å². The zero-order valence-corrected chi connectivity index (χ0v) is 11.8. The molecule has 1 fully saturated rings. The van der Waals surface area contributed by atoms with E-state index in [-0.39, 0.29) is 6.61 Å². The van der Waals surface area contributed by atoms with Crippen molar-refractivity contribution >= 4 is 22.9 Å². The second-order valence-corrected chi connectivity index (χ2v) is 6.16. The van der Waals surface area contributed by atoms with Crippen molar-refractivity contribution in [1.29, 1.82) is 0 Å². The largest absolute Gasteiger partial charge is 0.396 e. The van der Waals surface area contributed by atoms with Crippen molar-refractivity contribution in [2.45, 2.75) is 31.7 Å². The number of rotatable bonds is 4. The molecule has 2 aromatic heterocycles. The highest BCUT2D eigenvalue weighted by Crippen LogP contribution is 2.32. The Balaban J connectivity index is 2.00. The van der Waals surface area contributed by atoms with Gasteiger partial charge in [-0.05, 0) is 42.9 Å². The van der Waals surface area contributed by atoms with Gasteiger partial charge in [0.15, 0.2) is 5.65 Å². The van der Waals surface area contributed by atoms with Crippen LogP contribution in [0.3, 0.4) is 0 Å². The molecule has 0 radical (unpaired) electrons. The van der Waals surface area contributed by atoms with Gasteiger partial charge in [-0.15, -0.1) is 0 Å². The Morgan fingerprint density at radius 2 is 2.21 bits per heavy atom. The van der Waals surface area contributed by atoms with Gasteiger partial charge in [-0.1, -0.05) is 0 Å². The lowest BCUT2D eigenvalue weighted by Gasteiger charge is -2.21. The molecule has 1 aliphatic heterocycles. The minimum Gasteiger partial charge on any atom is -0.396 e. The summed E-state index contributed by atoms with van der Waals surface area (Å²) in [4.78, 5) is 9.26. The highest BCUT2D eigenvalue weighted by Gasteiger charge is 2.22. The molecule has 4 nitrogen and oxygen atoms in total. The molecule has 1 aliphatic rings. The van der Waals surface area contributed by atoms with E-state index in [4.69, 9.17) is 10.1 Å². The summed E-state index contributed by atoms with van der Waals surface area (Å²) >= 11 is 2.03. The molecule has 5 heteroatoms. The number of thioether (sulfide) groups is 1. The molecule has 0 spiro atoms. The highest BCUT2D eigenvalue weighted by atomic mass is 32.2. The Hall–Kier alpha value is -1.07. The van der Waals surface area contributed by atoms with E-state index in [0.717, 1.165) is 24.1 Å². The van der Waals surface area contributed by atoms with E-state index in [1.54, 1.807) is 0 Å². The van der Waals surface area contributed by atoms with Crippen LogP contribution in [0.15, 0.2) is 18.3 Å². The van der Waals surface area contributed by atoms with Crippen LogP contribution in [0.2, 0.25) is 0 Å². The molecule has 1 N–H and O–H groups in total. The summed E-state index contributed by atoms with van der Waals surface area (Å²) in [7, 11) is 0. The minimum atomic E-state index is 0.215. The zero-order chi connectivity index (χ0) is 13.1. The van der Waals surface area contributed by atoms with E-state index in [1.807, 2.05) is 30.1 Å². The molecule has 3 heterocycles. The topological polar surface area (TPSA) is 50.9 Å². The molecule has 0 bridgehead atoms. The fourth-order valence-electron chi connectivity index (χ4n) is 2.69. The summed E-state index contributed by atoms with van der Waals surface area (Å²) in [5, 5.41) is 9.08. The maximum absolute atomic E-state index is 9.08. The molecule has 0 atom stereocenters. The van der Waals surface area contributed by atoms with Gasteiger partial charge in [0.25, 0.3) is 0 Å². The van der Waals surface area contributed by atoms with Crippen LogP contribution in [-0.4, -0.2) is 37.8 Å². The first-order valence-electron chi connectivity index (χ1n) is 6.90. The van der Waals surface area contributed by atoms with Crippen LogP contribution in [0.4, 0.5) is 0 Å². The molecular weight excluding hydrogens is 258 g/mol. The third kappa shape index (κ3) is 2.62. The Morgan fingerprint density at radius 3 is 3.00 bits per heavy atom. The minimum absolute atomic E-state index is 0.215. The van der Waals surface area contributed by atoms with Crippen molar-refractivity contribution in [1.82, 2.24) is 14.5 Å². The van der Waals surface area contributed by atoms with E-state index >= 15 is 0 Å². The molecule has 0 saturated carbocycles. The van der Waals surface area contributed by atoms with Crippen molar-refractivity contribution in [3.05, 3.63) is 24.2 Å². The molecular formula is C14H19N3OS. The number of aliphatic hydroxyl groups excluding tert-OH is 1. The molecule has 0 aromatic carbocycles. The number of pyridine rings is 1. The van der Waals surface area contributed by atoms with Crippen LogP contribution < -0.4 is 0 Å². The van der Waals surface area contributed by atoms with Gasteiger partial charge in [-0.25, -0.2) is 9.97 Å². The van der Waals surface area contributed by atoms with Crippen LogP contribution in [0, 0.1) is 0 Å². The van der Waals surface area contributed by atoms with Crippen LogP contribution >= 0.6 is 11.8 Å². The molecule has 0 amide bonds. The fraction of sp³-hybridized carbons (Fsp3) is 0.571. The lowest BCUT2D eigenvalue weighted by atomic mass is 10.0. The van der Waals surface area contributed by atoms with E-state index in [1.165, 1.54) is 30.2 Å². The second-order valence-electron chi connectivity index (χ2n) is 4.93. The van der Waals surface area contributed by atoms with E-state index in [9.17, 15) is 0 Å². The standard InChI is InChI=1S/C14H19N3OS/c18-8-2-7-17-13(11-4-9-19-10-5-11)16-12-3-1-6-15-14(12)17/h1,3,6,11,18H,2,4-5,7-10H2. The van der Waals surface area contributed by atoms with Gasteiger partial charge in [-0.3, -0.25) is 0 Å². The van der Waals surface area contributed by atoms with Gasteiger partial charge in [0.05, 0.1) is 0 Å². The third-order valence-corrected chi connectivity index (χ3v) is 4.71. The van der Waals surface area contributed by atoms with Crippen molar-refractivity contribution < 1.29 is 5.11 Å². The summed E-state index contributed by atoms with van der Waals surface area (Å²) < 4.78 is 2.21. The zero-order valence-electron chi connectivity index (χ0n) is 11.0. The van der Waals surface area contributed by atoms with Crippen molar-refractivity contribution in [2.75, 3.05) is 18.1 Å². The van der Waals surface area contributed by atoms with Gasteiger partial charge >= 0.3 is 0 Å². The number of aryl methyl sites for hydroxylation is 1. The SMILES string of the molecule is OCCCn1c(C2CCSCC2)nc2cccnc21. The van der Waals surface area contributed by atoms with E-state index in [0.29, 0.717) is 5.92 Å². The molecule has 2 aromatic rings. The lowest BCUT2D eigenvalue weighted by molar-refractivity contribution is 0.279. The Kier molecular flexibility index (Phi) is 4.03. The first kappa shape index (κ1) is 12.9. The number of fused-ring (bicyclic) bond motifs is 1. The maximum Gasteiger partial charge on any atom is 0.159 e. The van der Waals surface area contributed by atoms with Crippen LogP contribution in [0.1, 0.15) is 31.0 Å². The molecule has 102 valence electrons. The number of hydrogen-bond acceptors (Lipinski definition) is 4. The van der Waals surface area contributed by atoms with Crippen molar-refractivity contribution in [2.24, 2.45) is 0 Å². The Morgan fingerprint density at radius 1 is 1.37 bits per heavy atom. The molecule has 0 unspecified atom stereocenters. The molecule has 1 saturated heterocycles. The van der Waals surface area contributed by atoms with E-state index in [2.05, 4.69) is 9.55 Å². The predicted octanol–water partition coefficient (Wildman–Crippen LogP) is 2.42. The molecule has 19 heavy (non-hydrogen) atoms. The summed E-state index contributed by atoms with van der Waals surface area (Å²) in [6.45, 7) is 1.02. The number of imidazole rings is 1. The van der Waals surface area contributed by atoms with Crippen molar-refractivity contribution in [3.8, 4) is 0 Å². The maximum atomic E-state index is 9.08. The van der Waals surface area contributed by atoms with Gasteiger partial charge in [0.2, 0.25) is 0 Å². The van der Waals surface area contributed by atoms with Gasteiger partial charge in [0, 0.05) is 25.3 Å². The van der Waals surface area contributed by atoms with Crippen LogP contribution in [-0.2, 0) is 6.54 Å². The lowest BCUT2D eigenvalue weighted by Crippen LogP contribution is -2.15. The first-order valence-corrected chi connectivity index (χ1v) is 8.05. The number of nitrogens with zero attached hydrogens (tertiary/aromatic N) is 3. The predicted molar refractivity (Wildman–Crippen MR) is 78.5 cm³/mol. The summed E-state index contributed by atoms with van der Waals surface area (Å²) in [6.07, 6.45) is 4.98. The Labute approximate surface area is 117 Å². The smallest absolute Gasteiger partial charge is 0.159 e. The van der Waals surface area contributed by atoms with Crippen LogP contribution in [0.25, 0.3) is 11.2 Å². The number of aliphatic hydroxyl groups is 1. The fourth-order valence-corrected chi connectivity index (χ4v) is 3.80.